The van der Waals surface area contributed by atoms with Gasteiger partial charge in [-0.25, -0.2) is 0 Å². The van der Waals surface area contributed by atoms with E-state index in [9.17, 15) is 57.0 Å². The molecule has 0 aromatic heterocycles. The summed E-state index contributed by atoms with van der Waals surface area (Å²) in [5.41, 5.74) is 0. The number of carboxylic acids is 4. The molecule has 0 heterocycles. The molecule has 0 rings (SSSR count). The molecule has 216 valence electrons. The van der Waals surface area contributed by atoms with Gasteiger partial charge >= 0.3 is 50.1 Å². The Bertz CT molecular complexity index is 556. The van der Waals surface area contributed by atoms with Gasteiger partial charge in [-0.1, -0.05) is 0 Å². The van der Waals surface area contributed by atoms with Gasteiger partial charge in [0.15, 0.2) is 0 Å². The van der Waals surface area contributed by atoms with Gasteiger partial charge in [0.05, 0.1) is 52.1 Å². The van der Waals surface area contributed by atoms with Gasteiger partial charge < -0.3 is 76.4 Å². The molecule has 0 radical (unpaired) electrons. The first kappa shape index (κ1) is 46.2. The first-order chi connectivity index (χ1) is 16.5. The fourth-order valence-electron chi connectivity index (χ4n) is 0.887. The second-order valence-electron chi connectivity index (χ2n) is 4.97. The van der Waals surface area contributed by atoms with Crippen LogP contribution in [0.1, 0.15) is 25.7 Å². The maximum atomic E-state index is 9.71. The van der Waals surface area contributed by atoms with E-state index in [4.69, 9.17) is 20.4 Å². The molecule has 0 saturated heterocycles. The summed E-state index contributed by atoms with van der Waals surface area (Å²) in [4.78, 5) is 77.4. The molecule has 37 heavy (non-hydrogen) atoms. The van der Waals surface area contributed by atoms with E-state index in [1.807, 2.05) is 0 Å². The molecule has 0 amide bonds. The van der Waals surface area contributed by atoms with E-state index in [1.165, 1.54) is 0 Å². The minimum Gasteiger partial charge on any atom is -0.781 e. The Morgan fingerprint density at radius 1 is 0.459 bits per heavy atom. The van der Waals surface area contributed by atoms with Gasteiger partial charge in [-0.15, -0.1) is 0 Å². The normalized spacial score (nSPS) is 12.6. The average molecular weight is 703 g/mol. The maximum absolute atomic E-state index is 9.71. The van der Waals surface area contributed by atoms with E-state index in [2.05, 4.69) is 18.1 Å². The van der Waals surface area contributed by atoms with Crippen molar-refractivity contribution in [1.82, 2.24) is 0 Å². The molecule has 0 aliphatic rings. The topological polar surface area (TPSA) is 347 Å². The quantitative estimate of drug-likeness (QED) is 0.116. The summed E-state index contributed by atoms with van der Waals surface area (Å²) in [7, 11) is -12.8. The minimum atomic E-state index is -3.19. The molecule has 0 fully saturated rings. The second-order valence-corrected chi connectivity index (χ2v) is 8.12. The summed E-state index contributed by atoms with van der Waals surface area (Å²) in [5, 5.41) is 31.8. The van der Waals surface area contributed by atoms with Gasteiger partial charge in [-0.05, 0) is 0 Å². The van der Waals surface area contributed by atoms with Crippen LogP contribution in [0.25, 0.3) is 0 Å². The van der Waals surface area contributed by atoms with Crippen molar-refractivity contribution < 1.29 is 122 Å². The molecule has 0 aliphatic carbocycles. The van der Waals surface area contributed by atoms with Crippen LogP contribution in [0.15, 0.2) is 0 Å². The molecule has 20 nitrogen and oxygen atoms in total. The largest absolute Gasteiger partial charge is 4.00 e. The number of aliphatic carboxylic acids is 4. The zero-order valence-corrected chi connectivity index (χ0v) is 24.9. The van der Waals surface area contributed by atoms with Crippen molar-refractivity contribution in [3.8, 4) is 0 Å². The predicted octanol–water partition coefficient (Wildman–Crippen LogP) is -3.09. The summed E-state index contributed by atoms with van der Waals surface area (Å²) < 4.78 is 54.4. The van der Waals surface area contributed by atoms with Crippen LogP contribution in [-0.4, -0.2) is 70.7 Å². The van der Waals surface area contributed by atoms with E-state index in [0.29, 0.717) is 0 Å². The van der Waals surface area contributed by atoms with Gasteiger partial charge in [0, 0.05) is 0 Å². The van der Waals surface area contributed by atoms with Crippen molar-refractivity contribution in [2.45, 2.75) is 25.7 Å². The first-order valence-corrected chi connectivity index (χ1v) is 13.6. The molecule has 0 spiro atoms. The van der Waals surface area contributed by atoms with Crippen LogP contribution in [0, 0.1) is 0 Å². The Labute approximate surface area is 230 Å². The van der Waals surface area contributed by atoms with Crippen molar-refractivity contribution in [1.29, 1.82) is 0 Å². The first-order valence-electron chi connectivity index (χ1n) is 8.73. The van der Waals surface area contributed by atoms with Gasteiger partial charge in [0.2, 0.25) is 0 Å². The summed E-state index contributed by atoms with van der Waals surface area (Å²) >= 11 is 0. The third kappa shape index (κ3) is 72.1. The van der Waals surface area contributed by atoms with Crippen molar-refractivity contribution in [2.24, 2.45) is 0 Å². The predicted molar refractivity (Wildman–Crippen MR) is 109 cm³/mol. The Kier molecular flexibility index (Phi) is 41.7. The zero-order valence-electron chi connectivity index (χ0n) is 18.5. The molecule has 4 unspecified atom stereocenters. The Morgan fingerprint density at radius 2 is 0.595 bits per heavy atom. The van der Waals surface area contributed by atoms with Crippen LogP contribution in [0.3, 0.4) is 0 Å². The fraction of sp³-hybridized carbons (Fsp3) is 0.667. The second kappa shape index (κ2) is 33.4. The number of hydrogen-bond donors (Lipinski definition) is 4. The van der Waals surface area contributed by atoms with E-state index in [-0.39, 0.29) is 78.3 Å². The van der Waals surface area contributed by atoms with Crippen LogP contribution in [0.2, 0.25) is 0 Å². The molecule has 4 N–H and O–H groups in total. The van der Waals surface area contributed by atoms with Crippen LogP contribution in [0.5, 0.6) is 0 Å². The number of carboxylic acid groups (broad SMARTS) is 4. The summed E-state index contributed by atoms with van der Waals surface area (Å²) in [6, 6.07) is 0. The smallest absolute Gasteiger partial charge is 0.781 e. The molecule has 4 atom stereocenters. The Balaban J connectivity index is -0.000000122. The van der Waals surface area contributed by atoms with Crippen LogP contribution >= 0.6 is 33.0 Å². The van der Waals surface area contributed by atoms with Crippen molar-refractivity contribution in [3.63, 3.8) is 0 Å². The van der Waals surface area contributed by atoms with E-state index in [1.54, 1.807) is 0 Å². The van der Waals surface area contributed by atoms with Crippen molar-refractivity contribution >= 4 is 56.9 Å². The SMILES string of the molecule is O=C(O)CCO[PH](=O)[O-].O=C(O)CCO[PH](=O)[O-].O=C(O)CCO[PH](=O)[O-].O=C(O)CCO[PH](=O)[O-].[Zr+4]. The average Bonchev–Trinajstić information content (AvgIpc) is 2.67. The van der Waals surface area contributed by atoms with E-state index >= 15 is 0 Å². The third-order valence-electron chi connectivity index (χ3n) is 2.14. The van der Waals surface area contributed by atoms with E-state index < -0.39 is 56.9 Å². The number of carbonyl (C=O) groups is 4. The molecular formula is C12H24O20P4Zr. The van der Waals surface area contributed by atoms with Gasteiger partial charge in [0.25, 0.3) is 0 Å². The third-order valence-corrected chi connectivity index (χ3v) is 3.90. The molecule has 0 aromatic carbocycles. The minimum absolute atomic E-state index is 0. The van der Waals surface area contributed by atoms with Crippen LogP contribution < -0.4 is 19.6 Å². The van der Waals surface area contributed by atoms with Gasteiger partial charge in [-0.3, -0.25) is 19.2 Å². The maximum Gasteiger partial charge on any atom is 4.00 e. The van der Waals surface area contributed by atoms with Gasteiger partial charge in [-0.2, -0.15) is 0 Å². The molecule has 0 bridgehead atoms. The molecule has 0 saturated carbocycles. The molecule has 0 aliphatic heterocycles. The van der Waals surface area contributed by atoms with Gasteiger partial charge in [0.1, 0.15) is 33.0 Å². The molecule has 25 heteroatoms. The number of rotatable bonds is 16. The van der Waals surface area contributed by atoms with E-state index in [0.717, 1.165) is 0 Å². The summed E-state index contributed by atoms with van der Waals surface area (Å²) in [6.07, 6.45) is -1.12. The summed E-state index contributed by atoms with van der Waals surface area (Å²) in [5.74, 6) is -4.28. The Morgan fingerprint density at radius 3 is 0.676 bits per heavy atom. The van der Waals surface area contributed by atoms with Crippen molar-refractivity contribution in [3.05, 3.63) is 0 Å². The van der Waals surface area contributed by atoms with Crippen LogP contribution in [0.4, 0.5) is 0 Å². The Hall–Kier alpha value is -0.637. The van der Waals surface area contributed by atoms with Crippen LogP contribution in [-0.2, 0) is 81.7 Å². The summed E-state index contributed by atoms with van der Waals surface area (Å²) in [6.45, 7) is -1.07. The van der Waals surface area contributed by atoms with Crippen molar-refractivity contribution in [2.75, 3.05) is 26.4 Å². The fourth-order valence-corrected chi connectivity index (χ4v) is 1.96. The monoisotopic (exact) mass is 702 g/mol. The number of hydrogen-bond acceptors (Lipinski definition) is 16. The molecule has 0 aromatic rings. The standard InChI is InChI=1S/4C3H7O5P.Zr/c4*4-3(5)1-2-8-9(6)7;/h4*9H,1-2H2,(H,4,5)(H,6,7);/q;;;;+4/p-4. The zero-order chi connectivity index (χ0) is 29.1. The molecular weight excluding hydrogens is 679 g/mol.